The molecule has 0 aromatic heterocycles. The van der Waals surface area contributed by atoms with Crippen molar-refractivity contribution in [3.63, 3.8) is 0 Å². The third-order valence-electron chi connectivity index (χ3n) is 2.65. The maximum absolute atomic E-state index is 11.0. The summed E-state index contributed by atoms with van der Waals surface area (Å²) < 4.78 is 0. The van der Waals surface area contributed by atoms with Crippen LogP contribution in [0.1, 0.15) is 26.7 Å². The van der Waals surface area contributed by atoms with E-state index in [2.05, 4.69) is 0 Å². The molecule has 0 fully saturated rings. The van der Waals surface area contributed by atoms with Gasteiger partial charge in [0.15, 0.2) is 0 Å². The standard InChI is InChI=1S/C12H20O8/c1-11(19,5-13)3-7(9(15)16)8(10(17)18)4-12(2,20)6-14/h13-14,19-20H,3-6H2,1-2H3,(H,15,16)(H,17,18)/p-2/b8-7-. The van der Waals surface area contributed by atoms with Crippen molar-refractivity contribution in [3.8, 4) is 0 Å². The number of hydrogen-bond donors (Lipinski definition) is 4. The van der Waals surface area contributed by atoms with Crippen LogP contribution in [-0.4, -0.2) is 56.8 Å². The fourth-order valence-corrected chi connectivity index (χ4v) is 1.48. The van der Waals surface area contributed by atoms with Gasteiger partial charge in [-0.25, -0.2) is 0 Å². The number of aliphatic hydroxyl groups excluding tert-OH is 2. The average Bonchev–Trinajstić information content (AvgIpc) is 2.33. The molecule has 8 heteroatoms. The lowest BCUT2D eigenvalue weighted by molar-refractivity contribution is -0.305. The summed E-state index contributed by atoms with van der Waals surface area (Å²) in [5.41, 5.74) is -5.36. The van der Waals surface area contributed by atoms with Crippen molar-refractivity contribution < 1.29 is 40.2 Å². The Hall–Kier alpha value is -1.48. The number of rotatable bonds is 8. The maximum atomic E-state index is 11.0. The van der Waals surface area contributed by atoms with Gasteiger partial charge in [0.2, 0.25) is 0 Å². The summed E-state index contributed by atoms with van der Waals surface area (Å²) >= 11 is 0. The van der Waals surface area contributed by atoms with E-state index in [1.807, 2.05) is 0 Å². The van der Waals surface area contributed by atoms with Crippen molar-refractivity contribution >= 4 is 11.9 Å². The minimum absolute atomic E-state index is 0.712. The van der Waals surface area contributed by atoms with Crippen molar-refractivity contribution in [2.24, 2.45) is 0 Å². The molecule has 4 N–H and O–H groups in total. The highest BCUT2D eigenvalue weighted by molar-refractivity contribution is 5.97. The van der Waals surface area contributed by atoms with Gasteiger partial charge in [-0.05, 0) is 25.0 Å². The van der Waals surface area contributed by atoms with Gasteiger partial charge in [0, 0.05) is 12.8 Å². The lowest BCUT2D eigenvalue weighted by Crippen LogP contribution is -2.40. The molecule has 2 atom stereocenters. The van der Waals surface area contributed by atoms with Gasteiger partial charge in [-0.3, -0.25) is 0 Å². The van der Waals surface area contributed by atoms with Crippen LogP contribution < -0.4 is 10.2 Å². The normalized spacial score (nSPS) is 18.7. The molecule has 0 saturated heterocycles. The fraction of sp³-hybridized carbons (Fsp3) is 0.667. The Bertz CT molecular complexity index is 370. The number of hydrogen-bond acceptors (Lipinski definition) is 8. The van der Waals surface area contributed by atoms with Crippen molar-refractivity contribution in [1.82, 2.24) is 0 Å². The fourth-order valence-electron chi connectivity index (χ4n) is 1.48. The van der Waals surface area contributed by atoms with Crippen molar-refractivity contribution in [2.45, 2.75) is 37.9 Å². The van der Waals surface area contributed by atoms with Gasteiger partial charge in [0.05, 0.1) is 36.4 Å². The number of carboxylic acids is 2. The molecule has 2 unspecified atom stereocenters. The molecule has 0 aliphatic rings. The lowest BCUT2D eigenvalue weighted by Gasteiger charge is -2.28. The Morgan fingerprint density at radius 2 is 1.10 bits per heavy atom. The van der Waals surface area contributed by atoms with E-state index in [0.717, 1.165) is 13.8 Å². The summed E-state index contributed by atoms with van der Waals surface area (Å²) in [4.78, 5) is 22.0. The molecule has 0 aliphatic carbocycles. The van der Waals surface area contributed by atoms with E-state index in [0.29, 0.717) is 0 Å². The second-order valence-electron chi connectivity index (χ2n) is 5.20. The molecule has 0 amide bonds. The van der Waals surface area contributed by atoms with Crippen LogP contribution >= 0.6 is 0 Å². The number of carboxylic acid groups (broad SMARTS) is 2. The first-order chi connectivity index (χ1) is 8.95. The van der Waals surface area contributed by atoms with Crippen molar-refractivity contribution in [3.05, 3.63) is 11.1 Å². The first-order valence-electron chi connectivity index (χ1n) is 5.77. The van der Waals surface area contributed by atoms with Gasteiger partial charge in [0.1, 0.15) is 0 Å². The van der Waals surface area contributed by atoms with E-state index in [-0.39, 0.29) is 0 Å². The minimum Gasteiger partial charge on any atom is -0.545 e. The Balaban J connectivity index is 5.70. The molecular weight excluding hydrogens is 272 g/mol. The van der Waals surface area contributed by atoms with Gasteiger partial charge >= 0.3 is 0 Å². The summed E-state index contributed by atoms with van der Waals surface area (Å²) in [6, 6.07) is 0. The van der Waals surface area contributed by atoms with Crippen LogP contribution in [0.5, 0.6) is 0 Å². The van der Waals surface area contributed by atoms with E-state index < -0.39 is 60.3 Å². The van der Waals surface area contributed by atoms with Crippen LogP contribution in [0.4, 0.5) is 0 Å². The van der Waals surface area contributed by atoms with Crippen LogP contribution in [0.2, 0.25) is 0 Å². The van der Waals surface area contributed by atoms with Gasteiger partial charge in [0.25, 0.3) is 0 Å². The molecule has 0 aromatic rings. The Labute approximate surface area is 115 Å². The van der Waals surface area contributed by atoms with Crippen LogP contribution in [0.3, 0.4) is 0 Å². The third-order valence-corrected chi connectivity index (χ3v) is 2.65. The van der Waals surface area contributed by atoms with E-state index in [4.69, 9.17) is 10.2 Å². The molecule has 8 nitrogen and oxygen atoms in total. The van der Waals surface area contributed by atoms with Gasteiger partial charge in [-0.1, -0.05) is 0 Å². The molecule has 116 valence electrons. The monoisotopic (exact) mass is 290 g/mol. The predicted molar refractivity (Wildman–Crippen MR) is 61.7 cm³/mol. The van der Waals surface area contributed by atoms with Gasteiger partial charge < -0.3 is 40.2 Å². The third kappa shape index (κ3) is 5.66. The molecule has 0 rings (SSSR count). The number of aliphatic carboxylic acids is 2. The molecule has 0 saturated carbocycles. The zero-order chi connectivity index (χ0) is 16.1. The molecule has 20 heavy (non-hydrogen) atoms. The Morgan fingerprint density at radius 3 is 1.25 bits per heavy atom. The quantitative estimate of drug-likeness (QED) is 0.329. The highest BCUT2D eigenvalue weighted by Gasteiger charge is 2.28. The molecule has 0 spiro atoms. The molecule has 0 aliphatic heterocycles. The zero-order valence-corrected chi connectivity index (χ0v) is 11.3. The number of carbonyl (C=O) groups excluding carboxylic acids is 2. The maximum Gasteiger partial charge on any atom is 0.0890 e. The largest absolute Gasteiger partial charge is 0.545 e. The van der Waals surface area contributed by atoms with E-state index >= 15 is 0 Å². The molecule has 0 heterocycles. The van der Waals surface area contributed by atoms with Crippen LogP contribution in [0.25, 0.3) is 0 Å². The van der Waals surface area contributed by atoms with Crippen LogP contribution in [0, 0.1) is 0 Å². The second kappa shape index (κ2) is 6.80. The topological polar surface area (TPSA) is 161 Å². The summed E-state index contributed by atoms with van der Waals surface area (Å²) in [7, 11) is 0. The van der Waals surface area contributed by atoms with Crippen molar-refractivity contribution in [2.75, 3.05) is 13.2 Å². The molecule has 0 radical (unpaired) electrons. The summed E-state index contributed by atoms with van der Waals surface area (Å²) in [5.74, 6) is -3.74. The Kier molecular flexibility index (Phi) is 6.30. The highest BCUT2D eigenvalue weighted by Crippen LogP contribution is 2.24. The zero-order valence-electron chi connectivity index (χ0n) is 11.3. The van der Waals surface area contributed by atoms with E-state index in [1.165, 1.54) is 0 Å². The predicted octanol–water partition coefficient (Wildman–Crippen LogP) is -3.95. The molecule has 0 aromatic carbocycles. The highest BCUT2D eigenvalue weighted by atomic mass is 16.4. The number of carbonyl (C=O) groups is 2. The first-order valence-corrected chi connectivity index (χ1v) is 5.77. The SMILES string of the molecule is CC(O)(CO)C/C(C(=O)[O-])=C(\CC(C)(O)CO)C(=O)[O-]. The lowest BCUT2D eigenvalue weighted by atomic mass is 9.88. The summed E-state index contributed by atoms with van der Waals surface area (Å²) in [6.45, 7) is 0.598. The van der Waals surface area contributed by atoms with Crippen LogP contribution in [-0.2, 0) is 9.59 Å². The van der Waals surface area contributed by atoms with Gasteiger partial charge in [-0.15, -0.1) is 0 Å². The molecular formula is C12H18O8-2. The van der Waals surface area contributed by atoms with Crippen molar-refractivity contribution in [1.29, 1.82) is 0 Å². The Morgan fingerprint density at radius 1 is 0.850 bits per heavy atom. The second-order valence-corrected chi connectivity index (χ2v) is 5.20. The summed E-state index contributed by atoms with van der Waals surface area (Å²) in [6.07, 6.45) is -1.42. The van der Waals surface area contributed by atoms with E-state index in [9.17, 15) is 30.0 Å². The number of aliphatic hydroxyl groups is 4. The smallest absolute Gasteiger partial charge is 0.0890 e. The average molecular weight is 290 g/mol. The van der Waals surface area contributed by atoms with E-state index in [1.54, 1.807) is 0 Å². The first kappa shape index (κ1) is 18.5. The minimum atomic E-state index is -1.87. The molecule has 0 bridgehead atoms. The van der Waals surface area contributed by atoms with Crippen LogP contribution in [0.15, 0.2) is 11.1 Å². The van der Waals surface area contributed by atoms with Gasteiger partial charge in [-0.2, -0.15) is 0 Å². The summed E-state index contributed by atoms with van der Waals surface area (Å²) in [5, 5.41) is 59.1.